The van der Waals surface area contributed by atoms with Gasteiger partial charge >= 0.3 is 0 Å². The van der Waals surface area contributed by atoms with E-state index >= 15 is 0 Å². The van der Waals surface area contributed by atoms with Crippen LogP contribution in [0.1, 0.15) is 65.7 Å². The summed E-state index contributed by atoms with van der Waals surface area (Å²) in [6.07, 6.45) is 10.0. The van der Waals surface area contributed by atoms with Crippen molar-refractivity contribution in [2.75, 3.05) is 26.2 Å². The highest BCUT2D eigenvalue weighted by Crippen LogP contribution is 2.27. The third-order valence-electron chi connectivity index (χ3n) is 5.56. The molecule has 20 heavy (non-hydrogen) atoms. The second-order valence-corrected chi connectivity index (χ2v) is 7.73. The summed E-state index contributed by atoms with van der Waals surface area (Å²) in [6, 6.07) is 0.809. The van der Waals surface area contributed by atoms with Crippen LogP contribution >= 0.6 is 0 Å². The first-order valence-corrected chi connectivity index (χ1v) is 9.10. The molecule has 0 amide bonds. The second-order valence-electron chi connectivity index (χ2n) is 7.73. The van der Waals surface area contributed by atoms with Gasteiger partial charge in [-0.05, 0) is 83.0 Å². The van der Waals surface area contributed by atoms with Gasteiger partial charge in [0.05, 0.1) is 0 Å². The van der Waals surface area contributed by atoms with Gasteiger partial charge in [0, 0.05) is 6.04 Å². The van der Waals surface area contributed by atoms with Crippen molar-refractivity contribution >= 4 is 0 Å². The number of rotatable bonds is 6. The minimum atomic E-state index is 0.809. The lowest BCUT2D eigenvalue weighted by atomic mass is 9.87. The van der Waals surface area contributed by atoms with Gasteiger partial charge < -0.3 is 10.2 Å². The van der Waals surface area contributed by atoms with Crippen molar-refractivity contribution in [2.45, 2.75) is 71.8 Å². The molecule has 2 heteroatoms. The zero-order valence-corrected chi connectivity index (χ0v) is 14.0. The van der Waals surface area contributed by atoms with E-state index in [-0.39, 0.29) is 0 Å². The predicted molar refractivity (Wildman–Crippen MR) is 88.0 cm³/mol. The van der Waals surface area contributed by atoms with Gasteiger partial charge in [0.2, 0.25) is 0 Å². The molecule has 0 saturated carbocycles. The smallest absolute Gasteiger partial charge is 0.00695 e. The highest BCUT2D eigenvalue weighted by molar-refractivity contribution is 4.80. The molecule has 0 aromatic heterocycles. The Labute approximate surface area is 126 Å². The Morgan fingerprint density at radius 3 is 2.20 bits per heavy atom. The molecule has 2 rings (SSSR count). The summed E-state index contributed by atoms with van der Waals surface area (Å²) < 4.78 is 0. The number of hydrogen-bond donors (Lipinski definition) is 1. The monoisotopic (exact) mass is 280 g/mol. The third kappa shape index (κ3) is 5.37. The summed E-state index contributed by atoms with van der Waals surface area (Å²) in [5.74, 6) is 2.87. The van der Waals surface area contributed by atoms with Crippen LogP contribution < -0.4 is 5.32 Å². The maximum atomic E-state index is 3.48. The van der Waals surface area contributed by atoms with E-state index in [9.17, 15) is 0 Å². The van der Waals surface area contributed by atoms with Crippen LogP contribution in [0.15, 0.2) is 0 Å². The summed E-state index contributed by atoms with van der Waals surface area (Å²) in [6.45, 7) is 12.4. The molecule has 2 saturated heterocycles. The summed E-state index contributed by atoms with van der Waals surface area (Å²) in [5, 5.41) is 3.48. The number of piperidine rings is 2. The fourth-order valence-corrected chi connectivity index (χ4v) is 4.00. The molecule has 0 bridgehead atoms. The first-order valence-electron chi connectivity index (χ1n) is 9.10. The zero-order valence-electron chi connectivity index (χ0n) is 14.0. The topological polar surface area (TPSA) is 15.3 Å². The number of hydrogen-bond acceptors (Lipinski definition) is 2. The summed E-state index contributed by atoms with van der Waals surface area (Å²) >= 11 is 0. The van der Waals surface area contributed by atoms with Gasteiger partial charge in [-0.15, -0.1) is 0 Å². The van der Waals surface area contributed by atoms with E-state index in [4.69, 9.17) is 0 Å². The van der Waals surface area contributed by atoms with E-state index in [0.717, 1.165) is 23.8 Å². The largest absolute Gasteiger partial charge is 0.317 e. The molecule has 2 nitrogen and oxygen atoms in total. The van der Waals surface area contributed by atoms with E-state index in [1.54, 1.807) is 0 Å². The lowest BCUT2D eigenvalue weighted by Gasteiger charge is -2.38. The average Bonchev–Trinajstić information content (AvgIpc) is 2.46. The molecule has 1 atom stereocenters. The molecule has 1 N–H and O–H groups in total. The van der Waals surface area contributed by atoms with Crippen LogP contribution in [-0.4, -0.2) is 37.1 Å². The maximum Gasteiger partial charge on any atom is 0.00695 e. The van der Waals surface area contributed by atoms with Crippen LogP contribution in [0, 0.1) is 17.8 Å². The maximum absolute atomic E-state index is 3.48. The molecule has 118 valence electrons. The minimum absolute atomic E-state index is 0.809. The van der Waals surface area contributed by atoms with Crippen molar-refractivity contribution in [1.29, 1.82) is 0 Å². The average molecular weight is 281 g/mol. The minimum Gasteiger partial charge on any atom is -0.317 e. The Balaban J connectivity index is 1.64. The molecule has 2 heterocycles. The van der Waals surface area contributed by atoms with Crippen molar-refractivity contribution in [2.24, 2.45) is 17.8 Å². The SMILES string of the molecule is CC(C)CCC1CCN(C(C)CC2CCNCC2)CC1. The molecule has 1 unspecified atom stereocenters. The first kappa shape index (κ1) is 16.3. The van der Waals surface area contributed by atoms with E-state index in [2.05, 4.69) is 31.0 Å². The quantitative estimate of drug-likeness (QED) is 0.793. The molecule has 0 radical (unpaired) electrons. The lowest BCUT2D eigenvalue weighted by Crippen LogP contribution is -2.41. The van der Waals surface area contributed by atoms with Crippen molar-refractivity contribution in [1.82, 2.24) is 10.2 Å². The first-order chi connectivity index (χ1) is 9.65. The van der Waals surface area contributed by atoms with Crippen LogP contribution in [-0.2, 0) is 0 Å². The van der Waals surface area contributed by atoms with E-state index in [1.165, 1.54) is 71.1 Å². The van der Waals surface area contributed by atoms with Gasteiger partial charge in [-0.25, -0.2) is 0 Å². The van der Waals surface area contributed by atoms with Crippen LogP contribution in [0.5, 0.6) is 0 Å². The Morgan fingerprint density at radius 1 is 0.950 bits per heavy atom. The Hall–Kier alpha value is -0.0800. The molecule has 0 spiro atoms. The highest BCUT2D eigenvalue weighted by atomic mass is 15.2. The molecule has 2 aliphatic heterocycles. The van der Waals surface area contributed by atoms with Gasteiger partial charge in [-0.2, -0.15) is 0 Å². The fraction of sp³-hybridized carbons (Fsp3) is 1.00. The Kier molecular flexibility index (Phi) is 6.83. The Bertz CT molecular complexity index is 250. The standard InChI is InChI=1S/C18H36N2/c1-15(2)4-5-17-8-12-20(13-9-17)16(3)14-18-6-10-19-11-7-18/h15-19H,4-14H2,1-3H3. The summed E-state index contributed by atoms with van der Waals surface area (Å²) in [4.78, 5) is 2.77. The molecular formula is C18H36N2. The van der Waals surface area contributed by atoms with Crippen LogP contribution in [0.3, 0.4) is 0 Å². The van der Waals surface area contributed by atoms with Crippen molar-refractivity contribution in [3.8, 4) is 0 Å². The van der Waals surface area contributed by atoms with Crippen molar-refractivity contribution in [3.63, 3.8) is 0 Å². The van der Waals surface area contributed by atoms with Crippen LogP contribution in [0.25, 0.3) is 0 Å². The fourth-order valence-electron chi connectivity index (χ4n) is 4.00. The van der Waals surface area contributed by atoms with Gasteiger partial charge in [-0.1, -0.05) is 26.7 Å². The summed E-state index contributed by atoms with van der Waals surface area (Å²) in [5.41, 5.74) is 0. The molecule has 0 aromatic rings. The second kappa shape index (κ2) is 8.38. The normalized spacial score (nSPS) is 25.2. The molecule has 0 aliphatic carbocycles. The number of nitrogens with one attached hydrogen (secondary N) is 1. The van der Waals surface area contributed by atoms with E-state index in [1.807, 2.05) is 0 Å². The summed E-state index contributed by atoms with van der Waals surface area (Å²) in [7, 11) is 0. The van der Waals surface area contributed by atoms with Gasteiger partial charge in [-0.3, -0.25) is 0 Å². The predicted octanol–water partition coefficient (Wildman–Crippen LogP) is 3.91. The number of likely N-dealkylation sites (tertiary alicyclic amines) is 1. The molecular weight excluding hydrogens is 244 g/mol. The highest BCUT2D eigenvalue weighted by Gasteiger charge is 2.25. The third-order valence-corrected chi connectivity index (χ3v) is 5.56. The van der Waals surface area contributed by atoms with Gasteiger partial charge in [0.25, 0.3) is 0 Å². The Morgan fingerprint density at radius 2 is 1.60 bits per heavy atom. The van der Waals surface area contributed by atoms with Crippen molar-refractivity contribution in [3.05, 3.63) is 0 Å². The van der Waals surface area contributed by atoms with Gasteiger partial charge in [0.15, 0.2) is 0 Å². The molecule has 2 aliphatic rings. The molecule has 2 fully saturated rings. The van der Waals surface area contributed by atoms with Crippen LogP contribution in [0.4, 0.5) is 0 Å². The van der Waals surface area contributed by atoms with Gasteiger partial charge in [0.1, 0.15) is 0 Å². The van der Waals surface area contributed by atoms with Crippen molar-refractivity contribution < 1.29 is 0 Å². The van der Waals surface area contributed by atoms with E-state index < -0.39 is 0 Å². The van der Waals surface area contributed by atoms with Crippen LogP contribution in [0.2, 0.25) is 0 Å². The number of nitrogens with zero attached hydrogens (tertiary/aromatic N) is 1. The van der Waals surface area contributed by atoms with E-state index in [0.29, 0.717) is 0 Å². The zero-order chi connectivity index (χ0) is 14.4. The molecule has 0 aromatic carbocycles. The lowest BCUT2D eigenvalue weighted by molar-refractivity contribution is 0.114.